The van der Waals surface area contributed by atoms with E-state index in [4.69, 9.17) is 14.2 Å². The molecule has 1 fully saturated rings. The van der Waals surface area contributed by atoms with Gasteiger partial charge in [-0.3, -0.25) is 4.79 Å². The van der Waals surface area contributed by atoms with Gasteiger partial charge in [0.1, 0.15) is 18.0 Å². The number of halogens is 1. The van der Waals surface area contributed by atoms with Gasteiger partial charge in [0.2, 0.25) is 0 Å². The highest BCUT2D eigenvalue weighted by Gasteiger charge is 2.35. The van der Waals surface area contributed by atoms with Gasteiger partial charge in [0.25, 0.3) is 5.91 Å². The normalized spacial score (nSPS) is 22.8. The second kappa shape index (κ2) is 12.3. The van der Waals surface area contributed by atoms with Gasteiger partial charge in [0.05, 0.1) is 19.8 Å². The van der Waals surface area contributed by atoms with E-state index < -0.39 is 35.9 Å². The number of ether oxygens (including phenoxy) is 3. The van der Waals surface area contributed by atoms with Gasteiger partial charge in [-0.15, -0.1) is 6.58 Å². The standard InChI is InChI=1S/C26H31FN2O6/c1-4-14-34-24-16(2)35-26(32)20(29-25(31)22-23(30)21(33-3)12-13-28-22)7-5-6-18(24)15-17-8-10-19(27)11-9-17/h4,8-13,16,18,20,24,30H,1,5-7,14-15H2,2-3H3,(H,29,31)/t16-,18+,20-,24-/m0/s1. The van der Waals surface area contributed by atoms with Gasteiger partial charge in [0, 0.05) is 12.3 Å². The molecule has 2 aromatic rings. The zero-order chi connectivity index (χ0) is 25.4. The molecule has 0 spiro atoms. The number of aromatic nitrogens is 1. The summed E-state index contributed by atoms with van der Waals surface area (Å²) >= 11 is 0. The molecule has 9 heteroatoms. The number of nitrogens with one attached hydrogen (secondary N) is 1. The number of rotatable bonds is 8. The van der Waals surface area contributed by atoms with Crippen molar-refractivity contribution in [3.05, 3.63) is 66.3 Å². The van der Waals surface area contributed by atoms with E-state index in [1.54, 1.807) is 25.1 Å². The van der Waals surface area contributed by atoms with Crippen LogP contribution < -0.4 is 10.1 Å². The predicted molar refractivity (Wildman–Crippen MR) is 127 cm³/mol. The summed E-state index contributed by atoms with van der Waals surface area (Å²) in [5.74, 6) is -1.93. The third-order valence-corrected chi connectivity index (χ3v) is 6.03. The van der Waals surface area contributed by atoms with E-state index in [1.807, 2.05) is 0 Å². The van der Waals surface area contributed by atoms with Crippen molar-refractivity contribution in [2.45, 2.75) is 50.9 Å². The molecular weight excluding hydrogens is 455 g/mol. The van der Waals surface area contributed by atoms with Crippen LogP contribution in [0.4, 0.5) is 4.39 Å². The fraction of sp³-hybridized carbons (Fsp3) is 0.423. The summed E-state index contributed by atoms with van der Waals surface area (Å²) in [6.45, 7) is 5.74. The molecule has 0 aliphatic carbocycles. The largest absolute Gasteiger partial charge is 0.503 e. The smallest absolute Gasteiger partial charge is 0.329 e. The maximum Gasteiger partial charge on any atom is 0.329 e. The Hall–Kier alpha value is -3.46. The molecule has 0 radical (unpaired) electrons. The Morgan fingerprint density at radius 3 is 2.74 bits per heavy atom. The van der Waals surface area contributed by atoms with Gasteiger partial charge in [-0.25, -0.2) is 14.2 Å². The van der Waals surface area contributed by atoms with Crippen molar-refractivity contribution in [2.24, 2.45) is 5.92 Å². The zero-order valence-electron chi connectivity index (χ0n) is 19.9. The highest BCUT2D eigenvalue weighted by molar-refractivity contribution is 5.97. The van der Waals surface area contributed by atoms with E-state index >= 15 is 0 Å². The number of carbonyl (C=O) groups is 2. The van der Waals surface area contributed by atoms with Gasteiger partial charge in [-0.2, -0.15) is 0 Å². The van der Waals surface area contributed by atoms with Gasteiger partial charge in [-0.1, -0.05) is 24.6 Å². The Morgan fingerprint density at radius 2 is 2.06 bits per heavy atom. The molecule has 4 atom stereocenters. The molecule has 1 saturated heterocycles. The molecule has 3 rings (SSSR count). The van der Waals surface area contributed by atoms with Crippen molar-refractivity contribution < 1.29 is 33.3 Å². The molecule has 1 aliphatic rings. The average Bonchev–Trinajstić information content (AvgIpc) is 2.88. The summed E-state index contributed by atoms with van der Waals surface area (Å²) in [5, 5.41) is 12.9. The quantitative estimate of drug-likeness (QED) is 0.434. The molecule has 8 nitrogen and oxygen atoms in total. The van der Waals surface area contributed by atoms with Crippen molar-refractivity contribution >= 4 is 11.9 Å². The second-order valence-electron chi connectivity index (χ2n) is 8.49. The van der Waals surface area contributed by atoms with Crippen LogP contribution in [0.5, 0.6) is 11.5 Å². The van der Waals surface area contributed by atoms with Crippen molar-refractivity contribution in [3.8, 4) is 11.5 Å². The Labute approximate surface area is 204 Å². The third-order valence-electron chi connectivity index (χ3n) is 6.03. The summed E-state index contributed by atoms with van der Waals surface area (Å²) < 4.78 is 30.1. The van der Waals surface area contributed by atoms with E-state index in [0.717, 1.165) is 5.56 Å². The van der Waals surface area contributed by atoms with E-state index in [1.165, 1.54) is 31.5 Å². The first-order chi connectivity index (χ1) is 16.8. The number of hydrogen-bond acceptors (Lipinski definition) is 7. The van der Waals surface area contributed by atoms with E-state index in [9.17, 15) is 19.1 Å². The monoisotopic (exact) mass is 486 g/mol. The summed E-state index contributed by atoms with van der Waals surface area (Å²) in [4.78, 5) is 29.7. The molecule has 1 aromatic heterocycles. The van der Waals surface area contributed by atoms with E-state index in [2.05, 4.69) is 16.9 Å². The summed E-state index contributed by atoms with van der Waals surface area (Å²) in [5.41, 5.74) is 0.706. The number of cyclic esters (lactones) is 1. The fourth-order valence-electron chi connectivity index (χ4n) is 4.30. The highest BCUT2D eigenvalue weighted by Crippen LogP contribution is 2.29. The first-order valence-corrected chi connectivity index (χ1v) is 11.5. The molecule has 2 N–H and O–H groups in total. The number of esters is 1. The maximum atomic E-state index is 13.4. The van der Waals surface area contributed by atoms with Crippen molar-refractivity contribution in [2.75, 3.05) is 13.7 Å². The second-order valence-corrected chi connectivity index (χ2v) is 8.49. The Kier molecular flexibility index (Phi) is 9.19. The van der Waals surface area contributed by atoms with Crippen molar-refractivity contribution in [1.82, 2.24) is 10.3 Å². The third kappa shape index (κ3) is 6.79. The van der Waals surface area contributed by atoms with Crippen LogP contribution in [0.15, 0.2) is 49.2 Å². The van der Waals surface area contributed by atoms with E-state index in [0.29, 0.717) is 25.7 Å². The number of carbonyl (C=O) groups excluding carboxylic acids is 2. The van der Waals surface area contributed by atoms with Crippen molar-refractivity contribution in [1.29, 1.82) is 0 Å². The van der Waals surface area contributed by atoms with Gasteiger partial charge in [0.15, 0.2) is 17.2 Å². The lowest BCUT2D eigenvalue weighted by Gasteiger charge is -2.31. The van der Waals surface area contributed by atoms with Crippen LogP contribution in [0.2, 0.25) is 0 Å². The summed E-state index contributed by atoms with van der Waals surface area (Å²) in [6.07, 6.45) is 4.18. The van der Waals surface area contributed by atoms with E-state index in [-0.39, 0.29) is 29.8 Å². The topological polar surface area (TPSA) is 107 Å². The molecule has 1 amide bonds. The molecule has 0 saturated carbocycles. The molecular formula is C26H31FN2O6. The Bertz CT molecular complexity index is 1030. The molecule has 2 heterocycles. The number of methoxy groups -OCH3 is 1. The molecule has 0 unspecified atom stereocenters. The Morgan fingerprint density at radius 1 is 1.31 bits per heavy atom. The molecule has 35 heavy (non-hydrogen) atoms. The van der Waals surface area contributed by atoms with Crippen LogP contribution in [0, 0.1) is 11.7 Å². The molecule has 1 aliphatic heterocycles. The lowest BCUT2D eigenvalue weighted by molar-refractivity contribution is -0.160. The molecule has 188 valence electrons. The number of hydrogen-bond donors (Lipinski definition) is 2. The lowest BCUT2D eigenvalue weighted by Crippen LogP contribution is -2.44. The SMILES string of the molecule is C=CCO[C@@H]1[C@@H](Cc2ccc(F)cc2)CCC[C@H](NC(=O)c2nccc(OC)c2O)C(=O)O[C@H]1C. The number of amides is 1. The minimum atomic E-state index is -0.929. The van der Waals surface area contributed by atoms with Crippen LogP contribution in [0.3, 0.4) is 0 Å². The first-order valence-electron chi connectivity index (χ1n) is 11.5. The zero-order valence-corrected chi connectivity index (χ0v) is 19.9. The molecule has 1 aromatic carbocycles. The van der Waals surface area contributed by atoms with Crippen LogP contribution in [0.25, 0.3) is 0 Å². The Balaban J connectivity index is 1.77. The lowest BCUT2D eigenvalue weighted by atomic mass is 9.87. The summed E-state index contributed by atoms with van der Waals surface area (Å²) in [7, 11) is 1.36. The maximum absolute atomic E-state index is 13.4. The summed E-state index contributed by atoms with van der Waals surface area (Å²) in [6, 6.07) is 6.80. The number of aromatic hydroxyl groups is 1. The highest BCUT2D eigenvalue weighted by atomic mass is 19.1. The predicted octanol–water partition coefficient (Wildman–Crippen LogP) is 3.58. The van der Waals surface area contributed by atoms with Crippen LogP contribution >= 0.6 is 0 Å². The number of nitrogens with zero attached hydrogens (tertiary/aromatic N) is 1. The van der Waals surface area contributed by atoms with Crippen LogP contribution in [0.1, 0.15) is 42.2 Å². The number of pyridine rings is 1. The van der Waals surface area contributed by atoms with Gasteiger partial charge >= 0.3 is 5.97 Å². The molecule has 0 bridgehead atoms. The fourth-order valence-corrected chi connectivity index (χ4v) is 4.30. The first kappa shape index (κ1) is 26.2. The van der Waals surface area contributed by atoms with Gasteiger partial charge in [-0.05, 0) is 49.8 Å². The number of benzene rings is 1. The minimum absolute atomic E-state index is 0.0123. The average molecular weight is 487 g/mol. The van der Waals surface area contributed by atoms with Crippen molar-refractivity contribution in [3.63, 3.8) is 0 Å². The van der Waals surface area contributed by atoms with Crippen LogP contribution in [-0.2, 0) is 20.7 Å². The minimum Gasteiger partial charge on any atom is -0.503 e. The van der Waals surface area contributed by atoms with Gasteiger partial charge < -0.3 is 24.6 Å². The van der Waals surface area contributed by atoms with Crippen LogP contribution in [-0.4, -0.2) is 53.9 Å².